The predicted octanol–water partition coefficient (Wildman–Crippen LogP) is -0.519. The molecule has 0 aromatic rings. The van der Waals surface area contributed by atoms with Gasteiger partial charge in [-0.3, -0.25) is 0 Å². The Kier molecular flexibility index (Phi) is 7.83. The number of nitrogens with one attached hydrogen (secondary N) is 3. The lowest BCUT2D eigenvalue weighted by Gasteiger charge is -2.09. The highest BCUT2D eigenvalue weighted by Crippen LogP contribution is 1.88. The summed E-state index contributed by atoms with van der Waals surface area (Å²) in [6.45, 7) is 9.48. The molecule has 2 aliphatic heterocycles. The lowest BCUT2D eigenvalue weighted by molar-refractivity contribution is 0.358. The maximum absolute atomic E-state index is 3.34. The van der Waals surface area contributed by atoms with Gasteiger partial charge < -0.3 is 20.9 Å². The number of likely N-dealkylation sites (N-methyl/N-ethyl adjacent to an activating group) is 1. The summed E-state index contributed by atoms with van der Waals surface area (Å²) < 4.78 is 0. The standard InChI is InChI=1S/C6H14N2.C5H12N2/c1-8-5-2-3-7-4-6-8;1-2-6-4-5-7-3-1/h7H,2-6H2,1H3;6-7H,1-5H2. The summed E-state index contributed by atoms with van der Waals surface area (Å²) in [6.07, 6.45) is 2.58. The van der Waals surface area contributed by atoms with Gasteiger partial charge in [0, 0.05) is 26.2 Å². The van der Waals surface area contributed by atoms with E-state index in [9.17, 15) is 0 Å². The molecule has 0 amide bonds. The summed E-state index contributed by atoms with van der Waals surface area (Å²) in [4.78, 5) is 2.36. The summed E-state index contributed by atoms with van der Waals surface area (Å²) in [6, 6.07) is 0. The van der Waals surface area contributed by atoms with Gasteiger partial charge in [0.15, 0.2) is 0 Å². The molecule has 0 aromatic carbocycles. The molecule has 2 rings (SSSR count). The van der Waals surface area contributed by atoms with E-state index < -0.39 is 0 Å². The van der Waals surface area contributed by atoms with Crippen LogP contribution in [0, 0.1) is 0 Å². The summed E-state index contributed by atoms with van der Waals surface area (Å²) in [5, 5.41) is 9.91. The highest BCUT2D eigenvalue weighted by molar-refractivity contribution is 4.60. The zero-order valence-electron chi connectivity index (χ0n) is 10.0. The molecular formula is C11H26N4. The van der Waals surface area contributed by atoms with Crippen LogP contribution in [0.15, 0.2) is 0 Å². The Morgan fingerprint density at radius 3 is 2.00 bits per heavy atom. The quantitative estimate of drug-likeness (QED) is 0.507. The fourth-order valence-electron chi connectivity index (χ4n) is 1.75. The topological polar surface area (TPSA) is 39.3 Å². The summed E-state index contributed by atoms with van der Waals surface area (Å²) in [5.74, 6) is 0. The SMILES string of the molecule is C1CNCCNC1.CN1CCCNCC1. The number of rotatable bonds is 0. The second-order valence-electron chi connectivity index (χ2n) is 4.26. The summed E-state index contributed by atoms with van der Waals surface area (Å²) in [5.41, 5.74) is 0. The van der Waals surface area contributed by atoms with Crippen molar-refractivity contribution in [2.45, 2.75) is 12.8 Å². The molecule has 2 heterocycles. The Labute approximate surface area is 93.8 Å². The van der Waals surface area contributed by atoms with E-state index in [-0.39, 0.29) is 0 Å². The smallest absolute Gasteiger partial charge is 0.0104 e. The van der Waals surface area contributed by atoms with Gasteiger partial charge in [0.1, 0.15) is 0 Å². The molecular weight excluding hydrogens is 188 g/mol. The van der Waals surface area contributed by atoms with Crippen LogP contribution >= 0.6 is 0 Å². The molecule has 0 atom stereocenters. The van der Waals surface area contributed by atoms with Gasteiger partial charge >= 0.3 is 0 Å². The lowest BCUT2D eigenvalue weighted by Crippen LogP contribution is -2.23. The average molecular weight is 214 g/mol. The van der Waals surface area contributed by atoms with Crippen molar-refractivity contribution in [2.75, 3.05) is 59.4 Å². The number of nitrogens with zero attached hydrogens (tertiary/aromatic N) is 1. The minimum Gasteiger partial charge on any atom is -0.315 e. The monoisotopic (exact) mass is 214 g/mol. The predicted molar refractivity (Wildman–Crippen MR) is 65.3 cm³/mol. The van der Waals surface area contributed by atoms with E-state index in [1.807, 2.05) is 0 Å². The van der Waals surface area contributed by atoms with Crippen LogP contribution in [0.25, 0.3) is 0 Å². The first-order valence-corrected chi connectivity index (χ1v) is 6.20. The Bertz CT molecular complexity index is 113. The first-order valence-electron chi connectivity index (χ1n) is 6.20. The molecule has 4 heteroatoms. The van der Waals surface area contributed by atoms with Crippen molar-refractivity contribution in [3.63, 3.8) is 0 Å². The molecule has 0 aromatic heterocycles. The van der Waals surface area contributed by atoms with Gasteiger partial charge in [-0.05, 0) is 46.1 Å². The molecule has 0 bridgehead atoms. The van der Waals surface area contributed by atoms with Crippen LogP contribution in [0.3, 0.4) is 0 Å². The second kappa shape index (κ2) is 9.09. The molecule has 0 spiro atoms. The number of hydrogen-bond acceptors (Lipinski definition) is 4. The molecule has 3 N–H and O–H groups in total. The van der Waals surface area contributed by atoms with Gasteiger partial charge in [-0.2, -0.15) is 0 Å². The minimum atomic E-state index is 1.14. The van der Waals surface area contributed by atoms with Crippen LogP contribution in [0.2, 0.25) is 0 Å². The van der Waals surface area contributed by atoms with Gasteiger partial charge in [0.25, 0.3) is 0 Å². The molecule has 0 saturated carbocycles. The Hall–Kier alpha value is -0.160. The van der Waals surface area contributed by atoms with Gasteiger partial charge in [0.2, 0.25) is 0 Å². The average Bonchev–Trinajstić information content (AvgIpc) is 2.64. The Balaban J connectivity index is 0.000000151. The van der Waals surface area contributed by atoms with E-state index in [2.05, 4.69) is 27.9 Å². The van der Waals surface area contributed by atoms with E-state index in [1.54, 1.807) is 0 Å². The Morgan fingerprint density at radius 2 is 1.27 bits per heavy atom. The number of hydrogen-bond donors (Lipinski definition) is 3. The third-order valence-corrected chi connectivity index (χ3v) is 2.75. The van der Waals surface area contributed by atoms with E-state index >= 15 is 0 Å². The van der Waals surface area contributed by atoms with Crippen LogP contribution < -0.4 is 16.0 Å². The molecule has 0 aliphatic carbocycles. The third kappa shape index (κ3) is 7.73. The summed E-state index contributed by atoms with van der Waals surface area (Å²) >= 11 is 0. The van der Waals surface area contributed by atoms with Gasteiger partial charge in [0.05, 0.1) is 0 Å². The summed E-state index contributed by atoms with van der Waals surface area (Å²) in [7, 11) is 2.17. The van der Waals surface area contributed by atoms with E-state index in [1.165, 1.54) is 45.6 Å². The fraction of sp³-hybridized carbons (Fsp3) is 1.00. The fourth-order valence-corrected chi connectivity index (χ4v) is 1.75. The first kappa shape index (κ1) is 12.9. The van der Waals surface area contributed by atoms with Crippen molar-refractivity contribution in [2.24, 2.45) is 0 Å². The first-order chi connectivity index (χ1) is 7.39. The lowest BCUT2D eigenvalue weighted by atomic mass is 10.4. The van der Waals surface area contributed by atoms with Gasteiger partial charge in [-0.25, -0.2) is 0 Å². The van der Waals surface area contributed by atoms with Crippen LogP contribution in [0.1, 0.15) is 12.8 Å². The van der Waals surface area contributed by atoms with Gasteiger partial charge in [-0.1, -0.05) is 0 Å². The van der Waals surface area contributed by atoms with Crippen molar-refractivity contribution in [1.29, 1.82) is 0 Å². The van der Waals surface area contributed by atoms with Crippen molar-refractivity contribution >= 4 is 0 Å². The molecule has 15 heavy (non-hydrogen) atoms. The zero-order valence-corrected chi connectivity index (χ0v) is 10.0. The molecule has 90 valence electrons. The molecule has 2 fully saturated rings. The molecule has 4 nitrogen and oxygen atoms in total. The van der Waals surface area contributed by atoms with Crippen molar-refractivity contribution in [3.8, 4) is 0 Å². The van der Waals surface area contributed by atoms with E-state index in [0.29, 0.717) is 0 Å². The molecule has 2 saturated heterocycles. The molecule has 0 unspecified atom stereocenters. The normalized spacial score (nSPS) is 24.6. The zero-order chi connectivity index (χ0) is 10.8. The molecule has 2 aliphatic rings. The highest BCUT2D eigenvalue weighted by atomic mass is 15.1. The maximum atomic E-state index is 3.34. The second-order valence-corrected chi connectivity index (χ2v) is 4.26. The third-order valence-electron chi connectivity index (χ3n) is 2.75. The van der Waals surface area contributed by atoms with Crippen LogP contribution in [0.4, 0.5) is 0 Å². The maximum Gasteiger partial charge on any atom is 0.0104 e. The van der Waals surface area contributed by atoms with Crippen molar-refractivity contribution in [3.05, 3.63) is 0 Å². The van der Waals surface area contributed by atoms with Crippen molar-refractivity contribution < 1.29 is 0 Å². The largest absolute Gasteiger partial charge is 0.315 e. The van der Waals surface area contributed by atoms with Gasteiger partial charge in [-0.15, -0.1) is 0 Å². The van der Waals surface area contributed by atoms with E-state index in [0.717, 1.165) is 19.6 Å². The van der Waals surface area contributed by atoms with Crippen LogP contribution in [-0.4, -0.2) is 64.3 Å². The highest BCUT2D eigenvalue weighted by Gasteiger charge is 2.00. The van der Waals surface area contributed by atoms with Crippen LogP contribution in [-0.2, 0) is 0 Å². The molecule has 0 radical (unpaired) electrons. The Morgan fingerprint density at radius 1 is 0.667 bits per heavy atom. The van der Waals surface area contributed by atoms with E-state index in [4.69, 9.17) is 0 Å². The van der Waals surface area contributed by atoms with Crippen LogP contribution in [0.5, 0.6) is 0 Å². The van der Waals surface area contributed by atoms with Crippen molar-refractivity contribution in [1.82, 2.24) is 20.9 Å². The minimum absolute atomic E-state index is 1.14.